The van der Waals surface area contributed by atoms with E-state index in [0.717, 1.165) is 42.6 Å². The standard InChI is InChI=1S/C16H19BrN4OS.ClH/c17-13-3-1-2-4-14(13)20-15(22)11-5-7-21(8-6-11)10-12-9-19-16(18)23-12;/h1-4,9,11H,5-8,10H2,(H2,18,19)(H,20,22);1H. The molecule has 5 nitrogen and oxygen atoms in total. The third-order valence-corrected chi connectivity index (χ3v) is 5.54. The number of nitrogens with two attached hydrogens (primary N) is 1. The SMILES string of the molecule is Cl.Nc1ncc(CN2CCC(C(=O)Nc3ccccc3Br)CC2)s1. The molecule has 0 spiro atoms. The first-order valence-corrected chi connectivity index (χ1v) is 9.20. The summed E-state index contributed by atoms with van der Waals surface area (Å²) in [7, 11) is 0. The summed E-state index contributed by atoms with van der Waals surface area (Å²) in [4.78, 5) is 20.0. The zero-order valence-corrected chi connectivity index (χ0v) is 16.3. The number of aromatic nitrogens is 1. The summed E-state index contributed by atoms with van der Waals surface area (Å²) in [6, 6.07) is 7.69. The van der Waals surface area contributed by atoms with Gasteiger partial charge in [-0.1, -0.05) is 12.1 Å². The van der Waals surface area contributed by atoms with Gasteiger partial charge in [0.1, 0.15) is 0 Å². The molecular formula is C16H20BrClN4OS. The van der Waals surface area contributed by atoms with Gasteiger partial charge in [0.2, 0.25) is 5.91 Å². The maximum atomic E-state index is 12.4. The fourth-order valence-electron chi connectivity index (χ4n) is 2.77. The second-order valence-electron chi connectivity index (χ2n) is 5.68. The van der Waals surface area contributed by atoms with Crippen LogP contribution in [0.2, 0.25) is 0 Å². The maximum Gasteiger partial charge on any atom is 0.227 e. The highest BCUT2D eigenvalue weighted by Crippen LogP contribution is 2.25. The molecule has 0 atom stereocenters. The van der Waals surface area contributed by atoms with E-state index in [9.17, 15) is 4.79 Å². The van der Waals surface area contributed by atoms with Crippen molar-refractivity contribution in [3.05, 3.63) is 39.8 Å². The van der Waals surface area contributed by atoms with Gasteiger partial charge in [0.25, 0.3) is 0 Å². The van der Waals surface area contributed by atoms with Crippen molar-refractivity contribution >= 4 is 56.4 Å². The summed E-state index contributed by atoms with van der Waals surface area (Å²) in [5.74, 6) is 0.184. The Morgan fingerprint density at radius 1 is 1.38 bits per heavy atom. The summed E-state index contributed by atoms with van der Waals surface area (Å²) in [6.07, 6.45) is 3.60. The van der Waals surface area contributed by atoms with Gasteiger partial charge < -0.3 is 11.1 Å². The number of amides is 1. The molecule has 0 saturated carbocycles. The van der Waals surface area contributed by atoms with Crippen molar-refractivity contribution in [2.45, 2.75) is 19.4 Å². The highest BCUT2D eigenvalue weighted by molar-refractivity contribution is 9.10. The molecule has 1 amide bonds. The molecule has 24 heavy (non-hydrogen) atoms. The average molecular weight is 432 g/mol. The third-order valence-electron chi connectivity index (χ3n) is 4.04. The van der Waals surface area contributed by atoms with Gasteiger partial charge in [-0.2, -0.15) is 0 Å². The van der Waals surface area contributed by atoms with Gasteiger partial charge in [-0.3, -0.25) is 9.69 Å². The first-order chi connectivity index (χ1) is 11.1. The fraction of sp³-hybridized carbons (Fsp3) is 0.375. The highest BCUT2D eigenvalue weighted by Gasteiger charge is 2.25. The molecule has 3 rings (SSSR count). The molecule has 1 aromatic carbocycles. The van der Waals surface area contributed by atoms with E-state index in [2.05, 4.69) is 31.1 Å². The number of likely N-dealkylation sites (tertiary alicyclic amines) is 1. The number of anilines is 2. The molecule has 1 aliphatic rings. The van der Waals surface area contributed by atoms with Gasteiger partial charge in [-0.25, -0.2) is 4.98 Å². The second kappa shape index (κ2) is 8.80. The summed E-state index contributed by atoms with van der Waals surface area (Å²) < 4.78 is 0.911. The number of hydrogen-bond donors (Lipinski definition) is 2. The minimum absolute atomic E-state index is 0. The number of para-hydroxylation sites is 1. The van der Waals surface area contributed by atoms with Crippen LogP contribution in [0.4, 0.5) is 10.8 Å². The van der Waals surface area contributed by atoms with Crippen LogP contribution in [0, 0.1) is 5.92 Å². The molecule has 1 saturated heterocycles. The quantitative estimate of drug-likeness (QED) is 0.773. The summed E-state index contributed by atoms with van der Waals surface area (Å²) >= 11 is 4.99. The van der Waals surface area contributed by atoms with Crippen LogP contribution in [0.25, 0.3) is 0 Å². The molecule has 2 heterocycles. The third kappa shape index (κ3) is 4.92. The normalized spacial score (nSPS) is 15.7. The van der Waals surface area contributed by atoms with Crippen molar-refractivity contribution in [3.63, 3.8) is 0 Å². The van der Waals surface area contributed by atoms with Crippen LogP contribution in [0.5, 0.6) is 0 Å². The molecule has 2 aromatic rings. The molecule has 130 valence electrons. The predicted octanol–water partition coefficient (Wildman–Crippen LogP) is 3.76. The Kier molecular flexibility index (Phi) is 7.03. The lowest BCUT2D eigenvalue weighted by atomic mass is 9.96. The minimum atomic E-state index is 0. The van der Waals surface area contributed by atoms with Gasteiger partial charge in [-0.15, -0.1) is 23.7 Å². The van der Waals surface area contributed by atoms with E-state index < -0.39 is 0 Å². The number of nitrogens with zero attached hydrogens (tertiary/aromatic N) is 2. The van der Waals surface area contributed by atoms with Crippen molar-refractivity contribution in [3.8, 4) is 0 Å². The molecular weight excluding hydrogens is 412 g/mol. The zero-order chi connectivity index (χ0) is 16.2. The number of nitrogen functional groups attached to an aromatic ring is 1. The van der Waals surface area contributed by atoms with Gasteiger partial charge in [0, 0.05) is 28.0 Å². The van der Waals surface area contributed by atoms with Crippen LogP contribution in [0.3, 0.4) is 0 Å². The number of nitrogens with one attached hydrogen (secondary N) is 1. The molecule has 0 unspecified atom stereocenters. The number of benzene rings is 1. The molecule has 0 bridgehead atoms. The lowest BCUT2D eigenvalue weighted by molar-refractivity contribution is -0.121. The predicted molar refractivity (Wildman–Crippen MR) is 105 cm³/mol. The van der Waals surface area contributed by atoms with Gasteiger partial charge in [0.05, 0.1) is 5.69 Å². The van der Waals surface area contributed by atoms with Crippen molar-refractivity contribution in [2.24, 2.45) is 5.92 Å². The first-order valence-electron chi connectivity index (χ1n) is 7.60. The van der Waals surface area contributed by atoms with Crippen LogP contribution in [-0.4, -0.2) is 28.9 Å². The zero-order valence-electron chi connectivity index (χ0n) is 13.1. The van der Waals surface area contributed by atoms with Crippen molar-refractivity contribution in [1.82, 2.24) is 9.88 Å². The fourth-order valence-corrected chi connectivity index (χ4v) is 3.88. The Morgan fingerprint density at radius 2 is 2.08 bits per heavy atom. The first kappa shape index (κ1) is 19.2. The Bertz CT molecular complexity index is 688. The van der Waals surface area contributed by atoms with Crippen LogP contribution in [0.1, 0.15) is 17.7 Å². The van der Waals surface area contributed by atoms with Crippen molar-refractivity contribution < 1.29 is 4.79 Å². The summed E-state index contributed by atoms with van der Waals surface area (Å²) in [5.41, 5.74) is 6.50. The maximum absolute atomic E-state index is 12.4. The number of piperidine rings is 1. The van der Waals surface area contributed by atoms with Gasteiger partial charge in [0.15, 0.2) is 5.13 Å². The Hall–Kier alpha value is -1.15. The van der Waals surface area contributed by atoms with Crippen molar-refractivity contribution in [2.75, 3.05) is 24.1 Å². The molecule has 1 fully saturated rings. The van der Waals surface area contributed by atoms with E-state index in [0.29, 0.717) is 5.13 Å². The monoisotopic (exact) mass is 430 g/mol. The number of halogens is 2. The minimum Gasteiger partial charge on any atom is -0.375 e. The smallest absolute Gasteiger partial charge is 0.227 e. The second-order valence-corrected chi connectivity index (χ2v) is 7.69. The van der Waals surface area contributed by atoms with E-state index in [-0.39, 0.29) is 24.2 Å². The van der Waals surface area contributed by atoms with E-state index >= 15 is 0 Å². The number of rotatable bonds is 4. The lowest BCUT2D eigenvalue weighted by Gasteiger charge is -2.30. The molecule has 1 aliphatic heterocycles. The number of thiazole rings is 1. The molecule has 8 heteroatoms. The number of hydrogen-bond acceptors (Lipinski definition) is 5. The van der Waals surface area contributed by atoms with E-state index in [1.165, 1.54) is 16.2 Å². The van der Waals surface area contributed by atoms with Crippen LogP contribution in [0.15, 0.2) is 34.9 Å². The Balaban J connectivity index is 0.00000208. The molecule has 1 aromatic heterocycles. The number of carbonyl (C=O) groups is 1. The van der Waals surface area contributed by atoms with Gasteiger partial charge in [-0.05, 0) is 54.0 Å². The van der Waals surface area contributed by atoms with Gasteiger partial charge >= 0.3 is 0 Å². The van der Waals surface area contributed by atoms with Crippen molar-refractivity contribution in [1.29, 1.82) is 0 Å². The molecule has 3 N–H and O–H groups in total. The Labute approximate surface area is 160 Å². The van der Waals surface area contributed by atoms with E-state index in [4.69, 9.17) is 5.73 Å². The Morgan fingerprint density at radius 3 is 2.71 bits per heavy atom. The van der Waals surface area contributed by atoms with E-state index in [1.807, 2.05) is 30.5 Å². The topological polar surface area (TPSA) is 71.2 Å². The largest absolute Gasteiger partial charge is 0.375 e. The summed E-state index contributed by atoms with van der Waals surface area (Å²) in [5, 5.41) is 3.63. The highest BCUT2D eigenvalue weighted by atomic mass is 79.9. The summed E-state index contributed by atoms with van der Waals surface area (Å²) in [6.45, 7) is 2.71. The lowest BCUT2D eigenvalue weighted by Crippen LogP contribution is -2.37. The molecule has 0 aliphatic carbocycles. The average Bonchev–Trinajstić information content (AvgIpc) is 2.95. The van der Waals surface area contributed by atoms with Crippen LogP contribution < -0.4 is 11.1 Å². The van der Waals surface area contributed by atoms with Crippen LogP contribution >= 0.6 is 39.7 Å². The van der Waals surface area contributed by atoms with E-state index in [1.54, 1.807) is 0 Å². The molecule has 0 radical (unpaired) electrons. The van der Waals surface area contributed by atoms with Crippen LogP contribution in [-0.2, 0) is 11.3 Å². The number of carbonyl (C=O) groups excluding carboxylic acids is 1.